The number of benzene rings is 2. The smallest absolute Gasteiger partial charge is 0.228 e. The van der Waals surface area contributed by atoms with Gasteiger partial charge < -0.3 is 15.2 Å². The number of carbonyl (C=O) groups is 1. The van der Waals surface area contributed by atoms with Crippen LogP contribution in [0.5, 0.6) is 11.5 Å². The van der Waals surface area contributed by atoms with Crippen LogP contribution in [0.3, 0.4) is 0 Å². The molecular formula is C16H17NO3. The van der Waals surface area contributed by atoms with Gasteiger partial charge in [-0.2, -0.15) is 0 Å². The molecule has 20 heavy (non-hydrogen) atoms. The predicted molar refractivity (Wildman–Crippen MR) is 78.2 cm³/mol. The molecule has 0 fully saturated rings. The molecule has 0 aliphatic heterocycles. The summed E-state index contributed by atoms with van der Waals surface area (Å²) in [5.41, 5.74) is 2.27. The van der Waals surface area contributed by atoms with Crippen LogP contribution < -0.4 is 10.1 Å². The Kier molecular flexibility index (Phi) is 4.25. The summed E-state index contributed by atoms with van der Waals surface area (Å²) >= 11 is 0. The number of amides is 1. The maximum absolute atomic E-state index is 11.9. The second-order valence-corrected chi connectivity index (χ2v) is 4.54. The second-order valence-electron chi connectivity index (χ2n) is 4.54. The Bertz CT molecular complexity index is 623. The standard InChI is InChI=1S/C16H17NO3/c1-11-9-13(7-8-15(11)20-2)17-16(19)10-12-5-3-4-6-14(12)18/h3-9,18H,10H2,1-2H3,(H,17,19). The first kappa shape index (κ1) is 13.9. The molecule has 0 aliphatic rings. The van der Waals surface area contributed by atoms with Crippen molar-refractivity contribution in [3.63, 3.8) is 0 Å². The molecule has 1 amide bonds. The highest BCUT2D eigenvalue weighted by Gasteiger charge is 2.08. The van der Waals surface area contributed by atoms with Gasteiger partial charge in [-0.05, 0) is 36.8 Å². The molecule has 0 saturated carbocycles. The molecule has 4 heteroatoms. The van der Waals surface area contributed by atoms with Gasteiger partial charge in [-0.1, -0.05) is 18.2 Å². The Morgan fingerprint density at radius 2 is 2.00 bits per heavy atom. The molecule has 2 N–H and O–H groups in total. The van der Waals surface area contributed by atoms with Crippen LogP contribution in [0.4, 0.5) is 5.69 Å². The van der Waals surface area contributed by atoms with Crippen molar-refractivity contribution in [3.8, 4) is 11.5 Å². The van der Waals surface area contributed by atoms with Crippen LogP contribution in [-0.2, 0) is 11.2 Å². The fraction of sp³-hybridized carbons (Fsp3) is 0.188. The molecule has 0 atom stereocenters. The highest BCUT2D eigenvalue weighted by molar-refractivity contribution is 5.92. The quantitative estimate of drug-likeness (QED) is 0.899. The van der Waals surface area contributed by atoms with E-state index in [1.165, 1.54) is 0 Å². The zero-order valence-corrected chi connectivity index (χ0v) is 11.5. The van der Waals surface area contributed by atoms with Gasteiger partial charge in [0.25, 0.3) is 0 Å². The van der Waals surface area contributed by atoms with Crippen molar-refractivity contribution >= 4 is 11.6 Å². The molecule has 0 aromatic heterocycles. The number of methoxy groups -OCH3 is 1. The third-order valence-electron chi connectivity index (χ3n) is 3.02. The number of phenols is 1. The van der Waals surface area contributed by atoms with E-state index in [0.717, 1.165) is 11.3 Å². The van der Waals surface area contributed by atoms with E-state index >= 15 is 0 Å². The maximum atomic E-state index is 11.9. The normalized spacial score (nSPS) is 10.1. The summed E-state index contributed by atoms with van der Waals surface area (Å²) < 4.78 is 5.17. The Morgan fingerprint density at radius 1 is 1.25 bits per heavy atom. The number of anilines is 1. The molecule has 0 radical (unpaired) electrons. The molecule has 2 aromatic rings. The minimum Gasteiger partial charge on any atom is -0.508 e. The van der Waals surface area contributed by atoms with Crippen molar-refractivity contribution in [2.45, 2.75) is 13.3 Å². The summed E-state index contributed by atoms with van der Waals surface area (Å²) in [4.78, 5) is 11.9. The Hall–Kier alpha value is -2.49. The van der Waals surface area contributed by atoms with E-state index in [9.17, 15) is 9.90 Å². The number of phenolic OH excluding ortho intramolecular Hbond substituents is 1. The summed E-state index contributed by atoms with van der Waals surface area (Å²) in [6.45, 7) is 1.91. The molecule has 104 valence electrons. The molecule has 2 rings (SSSR count). The van der Waals surface area contributed by atoms with E-state index in [1.54, 1.807) is 37.4 Å². The number of aromatic hydroxyl groups is 1. The number of rotatable bonds is 4. The topological polar surface area (TPSA) is 58.6 Å². The zero-order valence-electron chi connectivity index (χ0n) is 11.5. The number of hydrogen-bond acceptors (Lipinski definition) is 3. The molecule has 0 bridgehead atoms. The van der Waals surface area contributed by atoms with Gasteiger partial charge >= 0.3 is 0 Å². The van der Waals surface area contributed by atoms with Crippen molar-refractivity contribution in [2.75, 3.05) is 12.4 Å². The van der Waals surface area contributed by atoms with Crippen LogP contribution in [0.25, 0.3) is 0 Å². The van der Waals surface area contributed by atoms with Crippen molar-refractivity contribution in [3.05, 3.63) is 53.6 Å². The Labute approximate surface area is 118 Å². The number of carbonyl (C=O) groups excluding carboxylic acids is 1. The SMILES string of the molecule is COc1ccc(NC(=O)Cc2ccccc2O)cc1C. The summed E-state index contributed by atoms with van der Waals surface area (Å²) in [5, 5.41) is 12.4. The highest BCUT2D eigenvalue weighted by atomic mass is 16.5. The fourth-order valence-electron chi connectivity index (χ4n) is 1.99. The largest absolute Gasteiger partial charge is 0.508 e. The average Bonchev–Trinajstić information content (AvgIpc) is 2.41. The summed E-state index contributed by atoms with van der Waals surface area (Å²) in [7, 11) is 1.61. The highest BCUT2D eigenvalue weighted by Crippen LogP contribution is 2.22. The van der Waals surface area contributed by atoms with Crippen molar-refractivity contribution in [1.82, 2.24) is 0 Å². The molecule has 0 spiro atoms. The Morgan fingerprint density at radius 3 is 2.65 bits per heavy atom. The van der Waals surface area contributed by atoms with Gasteiger partial charge in [-0.3, -0.25) is 4.79 Å². The maximum Gasteiger partial charge on any atom is 0.228 e. The number of aryl methyl sites for hydroxylation is 1. The third kappa shape index (κ3) is 3.29. The molecule has 0 heterocycles. The van der Waals surface area contributed by atoms with Crippen LogP contribution >= 0.6 is 0 Å². The zero-order chi connectivity index (χ0) is 14.5. The third-order valence-corrected chi connectivity index (χ3v) is 3.02. The van der Waals surface area contributed by atoms with Crippen LogP contribution in [-0.4, -0.2) is 18.1 Å². The fourth-order valence-corrected chi connectivity index (χ4v) is 1.99. The lowest BCUT2D eigenvalue weighted by Gasteiger charge is -2.09. The molecule has 0 unspecified atom stereocenters. The van der Waals surface area contributed by atoms with Crippen LogP contribution in [0, 0.1) is 6.92 Å². The monoisotopic (exact) mass is 271 g/mol. The van der Waals surface area contributed by atoms with Crippen molar-refractivity contribution in [1.29, 1.82) is 0 Å². The van der Waals surface area contributed by atoms with E-state index < -0.39 is 0 Å². The van der Waals surface area contributed by atoms with Gasteiger partial charge in [0.15, 0.2) is 0 Å². The minimum atomic E-state index is -0.170. The molecule has 0 aliphatic carbocycles. The summed E-state index contributed by atoms with van der Waals surface area (Å²) in [6, 6.07) is 12.3. The van der Waals surface area contributed by atoms with E-state index in [2.05, 4.69) is 5.32 Å². The lowest BCUT2D eigenvalue weighted by atomic mass is 10.1. The molecule has 0 saturated heterocycles. The number of nitrogens with one attached hydrogen (secondary N) is 1. The summed E-state index contributed by atoms with van der Waals surface area (Å²) in [5.74, 6) is 0.744. The van der Waals surface area contributed by atoms with Gasteiger partial charge in [0.2, 0.25) is 5.91 Å². The van der Waals surface area contributed by atoms with Gasteiger partial charge in [-0.25, -0.2) is 0 Å². The first-order chi connectivity index (χ1) is 9.60. The van der Waals surface area contributed by atoms with Crippen LogP contribution in [0.1, 0.15) is 11.1 Å². The van der Waals surface area contributed by atoms with Gasteiger partial charge in [-0.15, -0.1) is 0 Å². The van der Waals surface area contributed by atoms with Gasteiger partial charge in [0.1, 0.15) is 11.5 Å². The first-order valence-corrected chi connectivity index (χ1v) is 6.31. The number of para-hydroxylation sites is 1. The Balaban J connectivity index is 2.05. The first-order valence-electron chi connectivity index (χ1n) is 6.31. The van der Waals surface area contributed by atoms with E-state index in [-0.39, 0.29) is 18.1 Å². The molecule has 4 nitrogen and oxygen atoms in total. The van der Waals surface area contributed by atoms with Crippen molar-refractivity contribution in [2.24, 2.45) is 0 Å². The van der Waals surface area contributed by atoms with E-state index in [4.69, 9.17) is 4.74 Å². The minimum absolute atomic E-state index is 0.133. The second kappa shape index (κ2) is 6.10. The summed E-state index contributed by atoms with van der Waals surface area (Å²) in [6.07, 6.45) is 0.137. The average molecular weight is 271 g/mol. The lowest BCUT2D eigenvalue weighted by molar-refractivity contribution is -0.115. The predicted octanol–water partition coefficient (Wildman–Crippen LogP) is 2.89. The van der Waals surface area contributed by atoms with Crippen LogP contribution in [0.2, 0.25) is 0 Å². The van der Waals surface area contributed by atoms with Gasteiger partial charge in [0, 0.05) is 11.3 Å². The van der Waals surface area contributed by atoms with Gasteiger partial charge in [0.05, 0.1) is 13.5 Å². The number of ether oxygens (including phenoxy) is 1. The lowest BCUT2D eigenvalue weighted by Crippen LogP contribution is -2.14. The molecule has 2 aromatic carbocycles. The van der Waals surface area contributed by atoms with E-state index in [0.29, 0.717) is 11.3 Å². The van der Waals surface area contributed by atoms with Crippen LogP contribution in [0.15, 0.2) is 42.5 Å². The number of hydrogen-bond donors (Lipinski definition) is 2. The van der Waals surface area contributed by atoms with Crippen molar-refractivity contribution < 1.29 is 14.6 Å². The van der Waals surface area contributed by atoms with E-state index in [1.807, 2.05) is 19.1 Å². The molecular weight excluding hydrogens is 254 g/mol.